The Hall–Kier alpha value is -2.05. The Morgan fingerprint density at radius 3 is 2.76 bits per heavy atom. The second kappa shape index (κ2) is 7.10. The van der Waals surface area contributed by atoms with Crippen molar-refractivity contribution in [2.45, 2.75) is 20.0 Å². The number of methoxy groups -OCH3 is 1. The summed E-state index contributed by atoms with van der Waals surface area (Å²) in [5.74, 6) is 0.636. The average Bonchev–Trinajstić information content (AvgIpc) is 2.91. The van der Waals surface area contributed by atoms with Gasteiger partial charge in [-0.15, -0.1) is 11.3 Å². The van der Waals surface area contributed by atoms with Crippen LogP contribution in [-0.2, 0) is 13.1 Å². The largest absolute Gasteiger partial charge is 0.496 e. The van der Waals surface area contributed by atoms with Crippen LogP contribution in [0.5, 0.6) is 5.75 Å². The third-order valence-electron chi connectivity index (χ3n) is 3.07. The predicted octanol–water partition coefficient (Wildman–Crippen LogP) is 2.45. The first-order valence-corrected chi connectivity index (χ1v) is 7.36. The fourth-order valence-corrected chi connectivity index (χ4v) is 2.88. The van der Waals surface area contributed by atoms with Gasteiger partial charge in [0.1, 0.15) is 5.75 Å². The van der Waals surface area contributed by atoms with E-state index in [1.165, 1.54) is 9.75 Å². The minimum absolute atomic E-state index is 0.0421. The molecule has 0 atom stereocenters. The second-order valence-corrected chi connectivity index (χ2v) is 6.01. The Labute approximate surface area is 128 Å². The molecule has 0 fully saturated rings. The number of nitrogens with one attached hydrogen (secondary N) is 1. The van der Waals surface area contributed by atoms with Crippen molar-refractivity contribution in [1.82, 2.24) is 5.32 Å². The molecule has 112 valence electrons. The fraction of sp³-hybridized carbons (Fsp3) is 0.267. The Balaban J connectivity index is 2.00. The molecule has 1 aromatic heterocycles. The van der Waals surface area contributed by atoms with E-state index in [4.69, 9.17) is 15.7 Å². The molecule has 0 amide bonds. The van der Waals surface area contributed by atoms with E-state index in [1.54, 1.807) is 24.5 Å². The second-order valence-electron chi connectivity index (χ2n) is 4.64. The van der Waals surface area contributed by atoms with Crippen molar-refractivity contribution in [3.8, 4) is 5.75 Å². The van der Waals surface area contributed by atoms with Crippen molar-refractivity contribution in [3.63, 3.8) is 0 Å². The number of rotatable bonds is 6. The molecule has 6 heteroatoms. The summed E-state index contributed by atoms with van der Waals surface area (Å²) in [6.45, 7) is 3.66. The molecule has 0 aliphatic heterocycles. The highest BCUT2D eigenvalue weighted by Crippen LogP contribution is 2.20. The standard InChI is InChI=1S/C15H19N3O2S/c1-10-3-5-12(21-10)9-17-8-11-4-6-13(15(16)18-19)14(7-11)20-2/h3-7,17,19H,8-9H2,1-2H3,(H2,16,18). The van der Waals surface area contributed by atoms with E-state index in [0.29, 0.717) is 11.3 Å². The average molecular weight is 305 g/mol. The third-order valence-corrected chi connectivity index (χ3v) is 4.07. The van der Waals surface area contributed by atoms with Gasteiger partial charge in [0, 0.05) is 22.8 Å². The summed E-state index contributed by atoms with van der Waals surface area (Å²) in [5, 5.41) is 15.1. The van der Waals surface area contributed by atoms with Gasteiger partial charge in [0.25, 0.3) is 0 Å². The maximum absolute atomic E-state index is 8.74. The van der Waals surface area contributed by atoms with Crippen molar-refractivity contribution in [1.29, 1.82) is 0 Å². The molecule has 1 aromatic carbocycles. The Morgan fingerprint density at radius 1 is 1.33 bits per heavy atom. The number of aryl methyl sites for hydroxylation is 1. The van der Waals surface area contributed by atoms with E-state index in [2.05, 4.69) is 29.5 Å². The highest BCUT2D eigenvalue weighted by molar-refractivity contribution is 7.11. The summed E-state index contributed by atoms with van der Waals surface area (Å²) in [4.78, 5) is 2.63. The molecule has 5 nitrogen and oxygen atoms in total. The molecule has 1 heterocycles. The highest BCUT2D eigenvalue weighted by atomic mass is 32.1. The lowest BCUT2D eigenvalue weighted by Crippen LogP contribution is -2.16. The topological polar surface area (TPSA) is 79.9 Å². The van der Waals surface area contributed by atoms with Gasteiger partial charge in [0.2, 0.25) is 0 Å². The molecule has 0 saturated heterocycles. The number of thiophene rings is 1. The van der Waals surface area contributed by atoms with E-state index in [0.717, 1.165) is 18.7 Å². The van der Waals surface area contributed by atoms with E-state index in [1.807, 2.05) is 12.1 Å². The van der Waals surface area contributed by atoms with E-state index in [-0.39, 0.29) is 5.84 Å². The zero-order valence-corrected chi connectivity index (χ0v) is 12.9. The molecule has 0 aliphatic rings. The maximum atomic E-state index is 8.74. The number of nitrogens with two attached hydrogens (primary N) is 1. The first-order chi connectivity index (χ1) is 10.1. The van der Waals surface area contributed by atoms with Crippen molar-refractivity contribution < 1.29 is 9.94 Å². The quantitative estimate of drug-likeness (QED) is 0.331. The minimum Gasteiger partial charge on any atom is -0.496 e. The van der Waals surface area contributed by atoms with Crippen LogP contribution in [0, 0.1) is 6.92 Å². The van der Waals surface area contributed by atoms with Crippen molar-refractivity contribution in [2.24, 2.45) is 10.9 Å². The summed E-state index contributed by atoms with van der Waals surface area (Å²) >= 11 is 1.79. The molecule has 0 saturated carbocycles. The summed E-state index contributed by atoms with van der Waals surface area (Å²) in [6, 6.07) is 9.87. The van der Waals surface area contributed by atoms with Crippen LogP contribution >= 0.6 is 11.3 Å². The zero-order valence-electron chi connectivity index (χ0n) is 12.1. The van der Waals surface area contributed by atoms with Gasteiger partial charge >= 0.3 is 0 Å². The molecule has 4 N–H and O–H groups in total. The molecule has 0 aliphatic carbocycles. The molecular weight excluding hydrogens is 286 g/mol. The summed E-state index contributed by atoms with van der Waals surface area (Å²) in [5.41, 5.74) is 7.26. The summed E-state index contributed by atoms with van der Waals surface area (Å²) in [7, 11) is 1.56. The number of hydrogen-bond donors (Lipinski definition) is 3. The summed E-state index contributed by atoms with van der Waals surface area (Å²) < 4.78 is 5.28. The van der Waals surface area contributed by atoms with E-state index >= 15 is 0 Å². The van der Waals surface area contributed by atoms with Crippen LogP contribution in [-0.4, -0.2) is 18.2 Å². The van der Waals surface area contributed by atoms with Gasteiger partial charge in [-0.25, -0.2) is 0 Å². The van der Waals surface area contributed by atoms with Gasteiger partial charge in [-0.05, 0) is 36.8 Å². The molecule has 2 rings (SSSR count). The number of benzene rings is 1. The first kappa shape index (κ1) is 15.3. The van der Waals surface area contributed by atoms with Crippen LogP contribution in [0.3, 0.4) is 0 Å². The van der Waals surface area contributed by atoms with Crippen LogP contribution in [0.1, 0.15) is 20.9 Å². The van der Waals surface area contributed by atoms with Crippen molar-refractivity contribution in [2.75, 3.05) is 7.11 Å². The first-order valence-electron chi connectivity index (χ1n) is 6.55. The SMILES string of the molecule is COc1cc(CNCc2ccc(C)s2)ccc1/C(N)=N/O. The van der Waals surface area contributed by atoms with Gasteiger partial charge in [-0.3, -0.25) is 0 Å². The van der Waals surface area contributed by atoms with Gasteiger partial charge in [-0.1, -0.05) is 11.2 Å². The number of hydrogen-bond acceptors (Lipinski definition) is 5. The van der Waals surface area contributed by atoms with Crippen LogP contribution in [0.15, 0.2) is 35.5 Å². The van der Waals surface area contributed by atoms with Crippen LogP contribution in [0.25, 0.3) is 0 Å². The molecule has 0 spiro atoms. The Morgan fingerprint density at radius 2 is 2.14 bits per heavy atom. The highest BCUT2D eigenvalue weighted by Gasteiger charge is 2.08. The monoisotopic (exact) mass is 305 g/mol. The number of oxime groups is 1. The van der Waals surface area contributed by atoms with E-state index < -0.39 is 0 Å². The lowest BCUT2D eigenvalue weighted by Gasteiger charge is -2.10. The van der Waals surface area contributed by atoms with Crippen molar-refractivity contribution >= 4 is 17.2 Å². The van der Waals surface area contributed by atoms with Crippen LogP contribution in [0.2, 0.25) is 0 Å². The number of nitrogens with zero attached hydrogens (tertiary/aromatic N) is 1. The minimum atomic E-state index is 0.0421. The molecule has 0 radical (unpaired) electrons. The van der Waals surface area contributed by atoms with Crippen LogP contribution < -0.4 is 15.8 Å². The van der Waals surface area contributed by atoms with Gasteiger partial charge in [0.05, 0.1) is 12.7 Å². The lowest BCUT2D eigenvalue weighted by atomic mass is 10.1. The summed E-state index contributed by atoms with van der Waals surface area (Å²) in [6.07, 6.45) is 0. The smallest absolute Gasteiger partial charge is 0.173 e. The third kappa shape index (κ3) is 3.96. The number of amidine groups is 1. The van der Waals surface area contributed by atoms with Gasteiger partial charge < -0.3 is 21.0 Å². The number of ether oxygens (including phenoxy) is 1. The molecule has 0 bridgehead atoms. The van der Waals surface area contributed by atoms with Gasteiger partial charge in [-0.2, -0.15) is 0 Å². The van der Waals surface area contributed by atoms with Crippen molar-refractivity contribution in [3.05, 3.63) is 51.2 Å². The molecule has 2 aromatic rings. The Kier molecular flexibility index (Phi) is 5.19. The fourth-order valence-electron chi connectivity index (χ4n) is 2.02. The van der Waals surface area contributed by atoms with Gasteiger partial charge in [0.15, 0.2) is 5.84 Å². The molecular formula is C15H19N3O2S. The van der Waals surface area contributed by atoms with Crippen LogP contribution in [0.4, 0.5) is 0 Å². The molecule has 21 heavy (non-hydrogen) atoms. The molecule has 0 unspecified atom stereocenters. The Bertz CT molecular complexity index is 638. The maximum Gasteiger partial charge on any atom is 0.173 e. The zero-order chi connectivity index (χ0) is 15.2. The lowest BCUT2D eigenvalue weighted by molar-refractivity contribution is 0.318. The van der Waals surface area contributed by atoms with E-state index in [9.17, 15) is 0 Å². The normalized spacial score (nSPS) is 11.6. The predicted molar refractivity (Wildman–Crippen MR) is 85.1 cm³/mol.